The number of fused-ring (bicyclic) bond motifs is 1. The summed E-state index contributed by atoms with van der Waals surface area (Å²) in [6, 6.07) is 5.67. The van der Waals surface area contributed by atoms with Crippen molar-refractivity contribution in [2.24, 2.45) is 11.8 Å². The summed E-state index contributed by atoms with van der Waals surface area (Å²) in [5.74, 6) is -0.557. The molecule has 0 spiro atoms. The number of hydrogen-bond donors (Lipinski definition) is 1. The van der Waals surface area contributed by atoms with Crippen LogP contribution in [0, 0.1) is 11.8 Å². The number of carbonyl (C=O) groups excluding carboxylic acids is 2. The largest absolute Gasteiger partial charge is 0.449 e. The van der Waals surface area contributed by atoms with E-state index in [1.165, 1.54) is 19.1 Å². The molecule has 1 N–H and O–H groups in total. The van der Waals surface area contributed by atoms with Crippen LogP contribution in [0.3, 0.4) is 0 Å². The van der Waals surface area contributed by atoms with Crippen LogP contribution in [-0.4, -0.2) is 24.0 Å². The molecule has 1 aromatic heterocycles. The van der Waals surface area contributed by atoms with Crippen LogP contribution in [0.2, 0.25) is 5.02 Å². The number of benzene rings is 1. The van der Waals surface area contributed by atoms with Crippen molar-refractivity contribution >= 4 is 34.4 Å². The molecule has 3 rings (SSSR count). The zero-order valence-corrected chi connectivity index (χ0v) is 16.9. The van der Waals surface area contributed by atoms with E-state index in [0.717, 1.165) is 25.3 Å². The van der Waals surface area contributed by atoms with Gasteiger partial charge in [-0.15, -0.1) is 0 Å². The highest BCUT2D eigenvalue weighted by atomic mass is 35.5. The Morgan fingerprint density at radius 2 is 2.00 bits per heavy atom. The molecule has 1 aliphatic rings. The van der Waals surface area contributed by atoms with Crippen LogP contribution in [0.4, 0.5) is 0 Å². The van der Waals surface area contributed by atoms with E-state index in [9.17, 15) is 14.4 Å². The van der Waals surface area contributed by atoms with Gasteiger partial charge < -0.3 is 14.5 Å². The first-order chi connectivity index (χ1) is 13.3. The number of nitrogens with one attached hydrogen (secondary N) is 1. The van der Waals surface area contributed by atoms with Gasteiger partial charge in [0.25, 0.3) is 5.91 Å². The van der Waals surface area contributed by atoms with Crippen LogP contribution in [0.15, 0.2) is 33.5 Å². The highest BCUT2D eigenvalue weighted by Gasteiger charge is 2.30. The molecule has 1 fully saturated rings. The number of carbonyl (C=O) groups is 2. The first-order valence-electron chi connectivity index (χ1n) is 9.51. The van der Waals surface area contributed by atoms with Crippen LogP contribution in [0.1, 0.15) is 50.6 Å². The van der Waals surface area contributed by atoms with Crippen molar-refractivity contribution in [3.8, 4) is 0 Å². The Kier molecular flexibility index (Phi) is 6.08. The molecular weight excluding hydrogens is 382 g/mol. The Labute approximate surface area is 168 Å². The maximum Gasteiger partial charge on any atom is 0.375 e. The molecule has 1 aliphatic carbocycles. The molecule has 150 valence electrons. The van der Waals surface area contributed by atoms with Crippen molar-refractivity contribution in [3.63, 3.8) is 0 Å². The Hall–Kier alpha value is -2.34. The summed E-state index contributed by atoms with van der Waals surface area (Å²) in [6.45, 7) is 5.81. The van der Waals surface area contributed by atoms with Gasteiger partial charge in [0, 0.05) is 17.1 Å². The average Bonchev–Trinajstić information content (AvgIpc) is 2.65. The van der Waals surface area contributed by atoms with Crippen LogP contribution in [0.25, 0.3) is 11.0 Å². The number of esters is 1. The molecule has 1 saturated carbocycles. The summed E-state index contributed by atoms with van der Waals surface area (Å²) < 4.78 is 10.7. The van der Waals surface area contributed by atoms with Crippen LogP contribution in [-0.2, 0) is 9.53 Å². The lowest BCUT2D eigenvalue weighted by molar-refractivity contribution is -0.130. The molecule has 0 radical (unpaired) electrons. The summed E-state index contributed by atoms with van der Waals surface area (Å²) in [4.78, 5) is 37.0. The van der Waals surface area contributed by atoms with Crippen molar-refractivity contribution < 1.29 is 18.7 Å². The van der Waals surface area contributed by atoms with Gasteiger partial charge in [-0.3, -0.25) is 9.59 Å². The molecule has 0 saturated heterocycles. The van der Waals surface area contributed by atoms with Gasteiger partial charge in [-0.25, -0.2) is 4.79 Å². The third kappa shape index (κ3) is 4.38. The number of halogens is 1. The van der Waals surface area contributed by atoms with E-state index in [1.807, 2.05) is 0 Å². The lowest BCUT2D eigenvalue weighted by Crippen LogP contribution is -2.47. The van der Waals surface area contributed by atoms with Gasteiger partial charge in [0.05, 0.1) is 5.39 Å². The second-order valence-corrected chi connectivity index (χ2v) is 7.98. The summed E-state index contributed by atoms with van der Waals surface area (Å²) >= 11 is 5.88. The average molecular weight is 406 g/mol. The Morgan fingerprint density at radius 3 is 2.75 bits per heavy atom. The molecule has 4 atom stereocenters. The van der Waals surface area contributed by atoms with Crippen molar-refractivity contribution in [2.45, 2.75) is 52.2 Å². The zero-order chi connectivity index (χ0) is 20.4. The summed E-state index contributed by atoms with van der Waals surface area (Å²) in [5.41, 5.74) is -0.177. The van der Waals surface area contributed by atoms with Crippen LogP contribution in [0.5, 0.6) is 0 Å². The quantitative estimate of drug-likeness (QED) is 0.779. The Bertz CT molecular complexity index is 953. The van der Waals surface area contributed by atoms with Crippen molar-refractivity contribution in [3.05, 3.63) is 45.3 Å². The van der Waals surface area contributed by atoms with E-state index in [1.54, 1.807) is 6.07 Å². The molecule has 1 aromatic carbocycles. The monoisotopic (exact) mass is 405 g/mol. The first kappa shape index (κ1) is 20.4. The third-order valence-electron chi connectivity index (χ3n) is 5.58. The van der Waals surface area contributed by atoms with E-state index in [2.05, 4.69) is 19.2 Å². The topological polar surface area (TPSA) is 85.6 Å². The molecule has 7 heteroatoms. The fraction of sp³-hybridized carbons (Fsp3) is 0.476. The number of rotatable bonds is 4. The minimum atomic E-state index is -0.997. The fourth-order valence-electron chi connectivity index (χ4n) is 3.59. The second kappa shape index (κ2) is 8.35. The molecule has 2 aromatic rings. The number of amides is 1. The molecule has 1 amide bonds. The zero-order valence-electron chi connectivity index (χ0n) is 16.2. The molecule has 0 bridgehead atoms. The summed E-state index contributed by atoms with van der Waals surface area (Å²) in [7, 11) is 0. The predicted octanol–water partition coefficient (Wildman–Crippen LogP) is 3.93. The van der Waals surface area contributed by atoms with E-state index in [4.69, 9.17) is 20.8 Å². The lowest BCUT2D eigenvalue weighted by atomic mass is 9.78. The Balaban J connectivity index is 1.68. The molecule has 0 unspecified atom stereocenters. The summed E-state index contributed by atoms with van der Waals surface area (Å²) in [5, 5.41) is 3.65. The predicted molar refractivity (Wildman–Crippen MR) is 106 cm³/mol. The summed E-state index contributed by atoms with van der Waals surface area (Å²) in [6.07, 6.45) is 2.14. The van der Waals surface area contributed by atoms with E-state index >= 15 is 0 Å². The van der Waals surface area contributed by atoms with Crippen molar-refractivity contribution in [1.82, 2.24) is 5.32 Å². The lowest BCUT2D eigenvalue weighted by Gasteiger charge is -2.35. The van der Waals surface area contributed by atoms with Gasteiger partial charge in [-0.1, -0.05) is 38.3 Å². The van der Waals surface area contributed by atoms with Crippen LogP contribution < -0.4 is 10.7 Å². The Morgan fingerprint density at radius 1 is 1.25 bits per heavy atom. The highest BCUT2D eigenvalue weighted by molar-refractivity contribution is 6.31. The molecule has 0 aliphatic heterocycles. The SMILES string of the molecule is C[C@H]1[C@@H](C)CCC[C@H]1NC(=O)[C@H](C)OC(=O)c1cc(=O)c2cc(Cl)ccc2o1. The van der Waals surface area contributed by atoms with Gasteiger partial charge in [0.1, 0.15) is 5.58 Å². The molecule has 1 heterocycles. The van der Waals surface area contributed by atoms with Crippen LogP contribution >= 0.6 is 11.6 Å². The third-order valence-corrected chi connectivity index (χ3v) is 5.81. The fourth-order valence-corrected chi connectivity index (χ4v) is 3.76. The van der Waals surface area contributed by atoms with Crippen molar-refractivity contribution in [2.75, 3.05) is 0 Å². The molecular formula is C21H24ClNO5. The van der Waals surface area contributed by atoms with Gasteiger partial charge >= 0.3 is 5.97 Å². The number of hydrogen-bond acceptors (Lipinski definition) is 5. The van der Waals surface area contributed by atoms with Gasteiger partial charge in [0.15, 0.2) is 11.5 Å². The minimum Gasteiger partial charge on any atom is -0.449 e. The number of ether oxygens (including phenoxy) is 1. The molecule has 28 heavy (non-hydrogen) atoms. The standard InChI is InChI=1S/C21H24ClNO5/c1-11-5-4-6-16(12(11)2)23-20(25)13(3)27-21(26)19-10-17(24)15-9-14(22)7-8-18(15)28-19/h7-13,16H,4-6H2,1-3H3,(H,23,25)/t11-,12-,13-,16+/m0/s1. The van der Waals surface area contributed by atoms with Crippen molar-refractivity contribution in [1.29, 1.82) is 0 Å². The smallest absolute Gasteiger partial charge is 0.375 e. The van der Waals surface area contributed by atoms with Gasteiger partial charge in [-0.2, -0.15) is 0 Å². The maximum absolute atomic E-state index is 12.5. The highest BCUT2D eigenvalue weighted by Crippen LogP contribution is 2.29. The normalized spacial score (nSPS) is 23.2. The molecule has 6 nitrogen and oxygen atoms in total. The van der Waals surface area contributed by atoms with Gasteiger partial charge in [0.2, 0.25) is 5.76 Å². The van der Waals surface area contributed by atoms with E-state index < -0.39 is 17.5 Å². The maximum atomic E-state index is 12.5. The van der Waals surface area contributed by atoms with E-state index in [0.29, 0.717) is 16.9 Å². The second-order valence-electron chi connectivity index (χ2n) is 7.55. The van der Waals surface area contributed by atoms with E-state index in [-0.39, 0.29) is 28.7 Å². The first-order valence-corrected chi connectivity index (χ1v) is 9.89. The van der Waals surface area contributed by atoms with Gasteiger partial charge in [-0.05, 0) is 43.4 Å². The minimum absolute atomic E-state index is 0.0701.